The molecule has 0 spiro atoms. The van der Waals surface area contributed by atoms with Crippen molar-refractivity contribution in [1.82, 2.24) is 5.32 Å². The Morgan fingerprint density at radius 3 is 2.89 bits per heavy atom. The lowest BCUT2D eigenvalue weighted by Gasteiger charge is -2.16. The maximum absolute atomic E-state index is 11.5. The van der Waals surface area contributed by atoms with Gasteiger partial charge in [0.2, 0.25) is 0 Å². The molecule has 18 heavy (non-hydrogen) atoms. The number of carbonyl (C=O) groups excluding carboxylic acids is 1. The molecule has 1 aromatic rings. The molecule has 0 aliphatic carbocycles. The molecular formula is C14H19ClN2O. The number of benzene rings is 1. The molecule has 0 radical (unpaired) electrons. The molecule has 98 valence electrons. The highest BCUT2D eigenvalue weighted by atomic mass is 35.5. The monoisotopic (exact) mass is 266 g/mol. The van der Waals surface area contributed by atoms with Crippen LogP contribution in [0.15, 0.2) is 30.9 Å². The van der Waals surface area contributed by atoms with Crippen LogP contribution in [0.3, 0.4) is 0 Å². The molecule has 0 aliphatic heterocycles. The van der Waals surface area contributed by atoms with Crippen molar-refractivity contribution in [3.63, 3.8) is 0 Å². The highest BCUT2D eigenvalue weighted by Gasteiger charge is 2.09. The molecule has 4 heteroatoms. The molecule has 3 nitrogen and oxygen atoms in total. The van der Waals surface area contributed by atoms with Crippen LogP contribution in [0.5, 0.6) is 0 Å². The molecule has 0 saturated heterocycles. The molecule has 0 fully saturated rings. The van der Waals surface area contributed by atoms with Crippen molar-refractivity contribution in [2.75, 3.05) is 12.4 Å². The summed E-state index contributed by atoms with van der Waals surface area (Å²) in [6.07, 6.45) is 3.81. The number of anilines is 1. The second kappa shape index (κ2) is 7.07. The first-order valence-corrected chi connectivity index (χ1v) is 6.35. The largest absolute Gasteiger partial charge is 0.381 e. The summed E-state index contributed by atoms with van der Waals surface area (Å²) < 4.78 is 0. The van der Waals surface area contributed by atoms with Crippen LogP contribution < -0.4 is 10.6 Å². The topological polar surface area (TPSA) is 41.1 Å². The van der Waals surface area contributed by atoms with Crippen molar-refractivity contribution < 1.29 is 4.79 Å². The van der Waals surface area contributed by atoms with Gasteiger partial charge in [-0.1, -0.05) is 17.7 Å². The molecule has 0 bridgehead atoms. The standard InChI is InChI=1S/C14H19ClN2O/c1-4-5-6-10(2)17-13-9-11(14(18)16-3)7-8-12(13)15/h4,7-10,17H,1,5-6H2,2-3H3,(H,16,18). The summed E-state index contributed by atoms with van der Waals surface area (Å²) >= 11 is 6.11. The minimum atomic E-state index is -0.117. The summed E-state index contributed by atoms with van der Waals surface area (Å²) in [4.78, 5) is 11.5. The fourth-order valence-electron chi connectivity index (χ4n) is 1.63. The van der Waals surface area contributed by atoms with Gasteiger partial charge in [-0.2, -0.15) is 0 Å². The van der Waals surface area contributed by atoms with Crippen LogP contribution >= 0.6 is 11.6 Å². The maximum Gasteiger partial charge on any atom is 0.251 e. The number of halogens is 1. The van der Waals surface area contributed by atoms with Crippen molar-refractivity contribution >= 4 is 23.2 Å². The van der Waals surface area contributed by atoms with E-state index < -0.39 is 0 Å². The molecule has 2 N–H and O–H groups in total. The third kappa shape index (κ3) is 4.08. The molecular weight excluding hydrogens is 248 g/mol. The Morgan fingerprint density at radius 1 is 1.56 bits per heavy atom. The Kier molecular flexibility index (Phi) is 5.72. The first-order chi connectivity index (χ1) is 8.58. The van der Waals surface area contributed by atoms with Gasteiger partial charge >= 0.3 is 0 Å². The number of amides is 1. The summed E-state index contributed by atoms with van der Waals surface area (Å²) in [6, 6.07) is 5.49. The zero-order valence-electron chi connectivity index (χ0n) is 10.8. The summed E-state index contributed by atoms with van der Waals surface area (Å²) in [5, 5.41) is 6.52. The van der Waals surface area contributed by atoms with Crippen molar-refractivity contribution in [2.45, 2.75) is 25.8 Å². The smallest absolute Gasteiger partial charge is 0.251 e. The molecule has 0 saturated carbocycles. The number of allylic oxidation sites excluding steroid dienone is 1. The lowest BCUT2D eigenvalue weighted by atomic mass is 10.1. The van der Waals surface area contributed by atoms with Gasteiger partial charge in [-0.25, -0.2) is 0 Å². The van der Waals surface area contributed by atoms with Gasteiger partial charge in [0.15, 0.2) is 0 Å². The van der Waals surface area contributed by atoms with Gasteiger partial charge in [-0.15, -0.1) is 6.58 Å². The van der Waals surface area contributed by atoms with Crippen LogP contribution in [-0.4, -0.2) is 19.0 Å². The van der Waals surface area contributed by atoms with Crippen LogP contribution in [0, 0.1) is 0 Å². The van der Waals surface area contributed by atoms with Crippen molar-refractivity contribution in [3.05, 3.63) is 41.4 Å². The van der Waals surface area contributed by atoms with E-state index in [0.29, 0.717) is 10.6 Å². The van der Waals surface area contributed by atoms with Crippen LogP contribution in [-0.2, 0) is 0 Å². The number of nitrogens with one attached hydrogen (secondary N) is 2. The fraction of sp³-hybridized carbons (Fsp3) is 0.357. The first kappa shape index (κ1) is 14.6. The molecule has 0 heterocycles. The maximum atomic E-state index is 11.5. The van der Waals surface area contributed by atoms with Gasteiger partial charge < -0.3 is 10.6 Å². The average Bonchev–Trinajstić information content (AvgIpc) is 2.38. The molecule has 0 aromatic heterocycles. The molecule has 1 rings (SSSR count). The zero-order chi connectivity index (χ0) is 13.5. The van der Waals surface area contributed by atoms with E-state index in [0.717, 1.165) is 18.5 Å². The lowest BCUT2D eigenvalue weighted by Crippen LogP contribution is -2.19. The van der Waals surface area contributed by atoms with Gasteiger partial charge in [0.05, 0.1) is 10.7 Å². The third-order valence-electron chi connectivity index (χ3n) is 2.66. The van der Waals surface area contributed by atoms with Gasteiger partial charge in [0.1, 0.15) is 0 Å². The van der Waals surface area contributed by atoms with E-state index >= 15 is 0 Å². The van der Waals surface area contributed by atoms with Crippen molar-refractivity contribution in [1.29, 1.82) is 0 Å². The second-order valence-electron chi connectivity index (χ2n) is 4.19. The number of hydrogen-bond acceptors (Lipinski definition) is 2. The molecule has 1 amide bonds. The van der Waals surface area contributed by atoms with Crippen molar-refractivity contribution in [2.24, 2.45) is 0 Å². The predicted octanol–water partition coefficient (Wildman–Crippen LogP) is 3.47. The number of carbonyl (C=O) groups is 1. The fourth-order valence-corrected chi connectivity index (χ4v) is 1.80. The Balaban J connectivity index is 2.80. The Hall–Kier alpha value is -1.48. The number of rotatable bonds is 6. The number of hydrogen-bond donors (Lipinski definition) is 2. The zero-order valence-corrected chi connectivity index (χ0v) is 11.6. The van der Waals surface area contributed by atoms with E-state index in [1.54, 1.807) is 25.2 Å². The van der Waals surface area contributed by atoms with Crippen molar-refractivity contribution in [3.8, 4) is 0 Å². The minimum Gasteiger partial charge on any atom is -0.381 e. The molecule has 1 atom stereocenters. The minimum absolute atomic E-state index is 0.117. The van der Waals surface area contributed by atoms with Crippen LogP contribution in [0.2, 0.25) is 5.02 Å². The SMILES string of the molecule is C=CCCC(C)Nc1cc(C(=O)NC)ccc1Cl. The van der Waals surface area contributed by atoms with E-state index in [1.165, 1.54) is 0 Å². The van der Waals surface area contributed by atoms with Gasteiger partial charge in [0.25, 0.3) is 5.91 Å². The third-order valence-corrected chi connectivity index (χ3v) is 2.99. The molecule has 1 unspecified atom stereocenters. The van der Waals surface area contributed by atoms with Crippen LogP contribution in [0.1, 0.15) is 30.1 Å². The van der Waals surface area contributed by atoms with Gasteiger partial charge in [-0.3, -0.25) is 4.79 Å². The second-order valence-corrected chi connectivity index (χ2v) is 4.59. The van der Waals surface area contributed by atoms with E-state index in [-0.39, 0.29) is 11.9 Å². The summed E-state index contributed by atoms with van der Waals surface area (Å²) in [7, 11) is 1.61. The first-order valence-electron chi connectivity index (χ1n) is 5.97. The Labute approximate surface area is 113 Å². The normalized spacial score (nSPS) is 11.7. The average molecular weight is 267 g/mol. The van der Waals surface area contributed by atoms with E-state index in [9.17, 15) is 4.79 Å². The predicted molar refractivity (Wildman–Crippen MR) is 77.4 cm³/mol. The molecule has 1 aromatic carbocycles. The van der Waals surface area contributed by atoms with Gasteiger partial charge in [-0.05, 0) is 38.0 Å². The van der Waals surface area contributed by atoms with E-state index in [1.807, 2.05) is 6.08 Å². The Bertz CT molecular complexity index is 432. The summed E-state index contributed by atoms with van der Waals surface area (Å²) in [6.45, 7) is 5.77. The van der Waals surface area contributed by atoms with Crippen LogP contribution in [0.25, 0.3) is 0 Å². The van der Waals surface area contributed by atoms with E-state index in [2.05, 4.69) is 24.1 Å². The summed E-state index contributed by atoms with van der Waals surface area (Å²) in [5.41, 5.74) is 1.38. The summed E-state index contributed by atoms with van der Waals surface area (Å²) in [5.74, 6) is -0.117. The lowest BCUT2D eigenvalue weighted by molar-refractivity contribution is 0.0963. The quantitative estimate of drug-likeness (QED) is 0.774. The molecule has 0 aliphatic rings. The highest BCUT2D eigenvalue weighted by molar-refractivity contribution is 6.33. The highest BCUT2D eigenvalue weighted by Crippen LogP contribution is 2.24. The van der Waals surface area contributed by atoms with Crippen LogP contribution in [0.4, 0.5) is 5.69 Å². The van der Waals surface area contributed by atoms with Gasteiger partial charge in [0, 0.05) is 18.7 Å². The Morgan fingerprint density at radius 2 is 2.28 bits per heavy atom. The van der Waals surface area contributed by atoms with E-state index in [4.69, 9.17) is 11.6 Å².